The topological polar surface area (TPSA) is 44.4 Å². The standard InChI is InChI=1S/C15H25N3O/c1-5-12-8-7-9-13(6-2)14(12)17-15(19)16-10-11-18(3)4/h7-9H,5-6,10-11H2,1-4H3,(H2,16,17,19). The van der Waals surface area contributed by atoms with Crippen molar-refractivity contribution in [3.8, 4) is 0 Å². The molecule has 0 aliphatic heterocycles. The number of hydrogen-bond donors (Lipinski definition) is 2. The van der Waals surface area contributed by atoms with Gasteiger partial charge in [0.2, 0.25) is 0 Å². The van der Waals surface area contributed by atoms with Gasteiger partial charge in [-0.1, -0.05) is 32.0 Å². The normalized spacial score (nSPS) is 10.6. The largest absolute Gasteiger partial charge is 0.337 e. The molecule has 0 fully saturated rings. The minimum Gasteiger partial charge on any atom is -0.337 e. The van der Waals surface area contributed by atoms with Gasteiger partial charge >= 0.3 is 6.03 Å². The van der Waals surface area contributed by atoms with E-state index in [1.165, 1.54) is 11.1 Å². The van der Waals surface area contributed by atoms with Crippen LogP contribution in [-0.4, -0.2) is 38.1 Å². The number of aryl methyl sites for hydroxylation is 2. The highest BCUT2D eigenvalue weighted by molar-refractivity contribution is 5.91. The van der Waals surface area contributed by atoms with E-state index in [9.17, 15) is 4.79 Å². The molecule has 2 N–H and O–H groups in total. The smallest absolute Gasteiger partial charge is 0.319 e. The first kappa shape index (κ1) is 15.5. The molecule has 1 aromatic carbocycles. The van der Waals surface area contributed by atoms with E-state index in [2.05, 4.69) is 36.6 Å². The number of nitrogens with one attached hydrogen (secondary N) is 2. The molecule has 0 aromatic heterocycles. The number of nitrogens with zero attached hydrogens (tertiary/aromatic N) is 1. The quantitative estimate of drug-likeness (QED) is 0.828. The summed E-state index contributed by atoms with van der Waals surface area (Å²) in [7, 11) is 3.97. The van der Waals surface area contributed by atoms with Crippen LogP contribution in [0.3, 0.4) is 0 Å². The zero-order valence-corrected chi connectivity index (χ0v) is 12.4. The fourth-order valence-electron chi connectivity index (χ4n) is 1.95. The molecule has 0 heterocycles. The van der Waals surface area contributed by atoms with E-state index in [4.69, 9.17) is 0 Å². The number of amides is 2. The number of urea groups is 1. The number of rotatable bonds is 6. The molecule has 19 heavy (non-hydrogen) atoms. The Kier molecular flexibility index (Phi) is 6.36. The molecule has 4 heteroatoms. The zero-order chi connectivity index (χ0) is 14.3. The maximum Gasteiger partial charge on any atom is 0.319 e. The van der Waals surface area contributed by atoms with Gasteiger partial charge in [-0.05, 0) is 38.1 Å². The molecule has 0 bridgehead atoms. The van der Waals surface area contributed by atoms with Crippen LogP contribution in [0.15, 0.2) is 18.2 Å². The molecule has 2 amide bonds. The van der Waals surface area contributed by atoms with Gasteiger partial charge < -0.3 is 15.5 Å². The lowest BCUT2D eigenvalue weighted by Crippen LogP contribution is -2.34. The van der Waals surface area contributed by atoms with Crippen LogP contribution < -0.4 is 10.6 Å². The van der Waals surface area contributed by atoms with Crippen LogP contribution in [0.25, 0.3) is 0 Å². The Bertz CT molecular complexity index is 394. The molecule has 0 aliphatic rings. The molecule has 1 rings (SSSR count). The predicted octanol–water partition coefficient (Wildman–Crippen LogP) is 2.49. The van der Waals surface area contributed by atoms with Gasteiger partial charge in [0.15, 0.2) is 0 Å². The van der Waals surface area contributed by atoms with Crippen molar-refractivity contribution >= 4 is 11.7 Å². The van der Waals surface area contributed by atoms with Crippen LogP contribution in [0.5, 0.6) is 0 Å². The van der Waals surface area contributed by atoms with Crippen LogP contribution in [0.1, 0.15) is 25.0 Å². The first-order valence-corrected chi connectivity index (χ1v) is 6.88. The number of carbonyl (C=O) groups is 1. The lowest BCUT2D eigenvalue weighted by atomic mass is 10.0. The third-order valence-electron chi connectivity index (χ3n) is 3.08. The van der Waals surface area contributed by atoms with Crippen molar-refractivity contribution in [2.75, 3.05) is 32.5 Å². The van der Waals surface area contributed by atoms with E-state index >= 15 is 0 Å². The van der Waals surface area contributed by atoms with E-state index in [0.717, 1.165) is 25.1 Å². The number of carbonyl (C=O) groups excluding carboxylic acids is 1. The fourth-order valence-corrected chi connectivity index (χ4v) is 1.95. The number of likely N-dealkylation sites (N-methyl/N-ethyl adjacent to an activating group) is 1. The Balaban J connectivity index is 2.67. The monoisotopic (exact) mass is 263 g/mol. The van der Waals surface area contributed by atoms with Crippen molar-refractivity contribution in [1.29, 1.82) is 0 Å². The minimum absolute atomic E-state index is 0.127. The highest BCUT2D eigenvalue weighted by Gasteiger charge is 2.09. The maximum absolute atomic E-state index is 11.9. The van der Waals surface area contributed by atoms with Crippen LogP contribution in [0.4, 0.5) is 10.5 Å². The summed E-state index contributed by atoms with van der Waals surface area (Å²) in [5.74, 6) is 0. The lowest BCUT2D eigenvalue weighted by molar-refractivity contribution is 0.250. The van der Waals surface area contributed by atoms with Gasteiger partial charge in [-0.2, -0.15) is 0 Å². The molecule has 106 valence electrons. The Morgan fingerprint density at radius 2 is 1.74 bits per heavy atom. The van der Waals surface area contributed by atoms with Gasteiger partial charge in [0, 0.05) is 18.8 Å². The molecule has 0 saturated carbocycles. The number of para-hydroxylation sites is 1. The van der Waals surface area contributed by atoms with Crippen molar-refractivity contribution in [2.45, 2.75) is 26.7 Å². The number of benzene rings is 1. The summed E-state index contributed by atoms with van der Waals surface area (Å²) in [4.78, 5) is 13.9. The molecule has 1 aromatic rings. The van der Waals surface area contributed by atoms with Crippen LogP contribution in [0, 0.1) is 0 Å². The lowest BCUT2D eigenvalue weighted by Gasteiger charge is -2.16. The van der Waals surface area contributed by atoms with E-state index in [1.54, 1.807) is 0 Å². The third kappa shape index (κ3) is 4.91. The zero-order valence-electron chi connectivity index (χ0n) is 12.4. The van der Waals surface area contributed by atoms with Gasteiger partial charge in [0.25, 0.3) is 0 Å². The summed E-state index contributed by atoms with van der Waals surface area (Å²) < 4.78 is 0. The molecular weight excluding hydrogens is 238 g/mol. The van der Waals surface area contributed by atoms with Gasteiger partial charge in [0.05, 0.1) is 0 Å². The van der Waals surface area contributed by atoms with E-state index in [0.29, 0.717) is 6.54 Å². The summed E-state index contributed by atoms with van der Waals surface area (Å²) in [5.41, 5.74) is 3.33. The van der Waals surface area contributed by atoms with Gasteiger partial charge in [-0.25, -0.2) is 4.79 Å². The maximum atomic E-state index is 11.9. The SMILES string of the molecule is CCc1cccc(CC)c1NC(=O)NCCN(C)C. The van der Waals surface area contributed by atoms with Crippen molar-refractivity contribution in [2.24, 2.45) is 0 Å². The highest BCUT2D eigenvalue weighted by Crippen LogP contribution is 2.22. The van der Waals surface area contributed by atoms with Crippen molar-refractivity contribution in [1.82, 2.24) is 10.2 Å². The van der Waals surface area contributed by atoms with Gasteiger partial charge in [0.1, 0.15) is 0 Å². The van der Waals surface area contributed by atoms with E-state index < -0.39 is 0 Å². The molecule has 0 atom stereocenters. The molecular formula is C15H25N3O. The first-order valence-electron chi connectivity index (χ1n) is 6.88. The van der Waals surface area contributed by atoms with Crippen molar-refractivity contribution in [3.63, 3.8) is 0 Å². The molecule has 0 aliphatic carbocycles. The second kappa shape index (κ2) is 7.79. The Labute approximate surface area is 116 Å². The van der Waals surface area contributed by atoms with Crippen LogP contribution in [-0.2, 0) is 12.8 Å². The van der Waals surface area contributed by atoms with Gasteiger partial charge in [-0.3, -0.25) is 0 Å². The summed E-state index contributed by atoms with van der Waals surface area (Å²) in [6, 6.07) is 6.05. The Morgan fingerprint density at radius 3 is 2.21 bits per heavy atom. The second-order valence-electron chi connectivity index (χ2n) is 4.84. The molecule has 4 nitrogen and oxygen atoms in total. The summed E-state index contributed by atoms with van der Waals surface area (Å²) in [6.07, 6.45) is 1.84. The van der Waals surface area contributed by atoms with E-state index in [-0.39, 0.29) is 6.03 Å². The van der Waals surface area contributed by atoms with Gasteiger partial charge in [-0.15, -0.1) is 0 Å². The first-order chi connectivity index (χ1) is 9.08. The molecule has 0 saturated heterocycles. The predicted molar refractivity (Wildman–Crippen MR) is 80.8 cm³/mol. The number of hydrogen-bond acceptors (Lipinski definition) is 2. The molecule has 0 spiro atoms. The average molecular weight is 263 g/mol. The highest BCUT2D eigenvalue weighted by atomic mass is 16.2. The summed E-state index contributed by atoms with van der Waals surface area (Å²) in [5, 5.41) is 5.86. The van der Waals surface area contributed by atoms with Crippen molar-refractivity contribution in [3.05, 3.63) is 29.3 Å². The van der Waals surface area contributed by atoms with Crippen molar-refractivity contribution < 1.29 is 4.79 Å². The molecule has 0 unspecified atom stereocenters. The van der Waals surface area contributed by atoms with Crippen LogP contribution in [0.2, 0.25) is 0 Å². The van der Waals surface area contributed by atoms with E-state index in [1.807, 2.05) is 25.1 Å². The summed E-state index contributed by atoms with van der Waals surface area (Å²) >= 11 is 0. The fraction of sp³-hybridized carbons (Fsp3) is 0.533. The third-order valence-corrected chi connectivity index (χ3v) is 3.08. The second-order valence-corrected chi connectivity index (χ2v) is 4.84. The average Bonchev–Trinajstić information content (AvgIpc) is 2.38. The molecule has 0 radical (unpaired) electrons. The van der Waals surface area contributed by atoms with Crippen LogP contribution >= 0.6 is 0 Å². The summed E-state index contributed by atoms with van der Waals surface area (Å²) in [6.45, 7) is 5.69. The Hall–Kier alpha value is -1.55. The minimum atomic E-state index is -0.127. The number of anilines is 1. The Morgan fingerprint density at radius 1 is 1.16 bits per heavy atom.